The highest BCUT2D eigenvalue weighted by atomic mass is 16.2. The van der Waals surface area contributed by atoms with Gasteiger partial charge in [-0.25, -0.2) is 0 Å². The third kappa shape index (κ3) is 6.27. The quantitative estimate of drug-likeness (QED) is 0.354. The Balaban J connectivity index is 1.43. The van der Waals surface area contributed by atoms with Crippen LogP contribution in [0.1, 0.15) is 35.8 Å². The molecule has 0 saturated carbocycles. The normalized spacial score (nSPS) is 12.2. The lowest BCUT2D eigenvalue weighted by atomic mass is 10.0. The molecule has 7 nitrogen and oxygen atoms in total. The minimum atomic E-state index is -1.17. The Kier molecular flexibility index (Phi) is 7.93. The topological polar surface area (TPSA) is 101 Å². The number of carbonyl (C=O) groups is 3. The molecule has 0 fully saturated rings. The molecule has 3 aromatic carbocycles. The van der Waals surface area contributed by atoms with E-state index in [0.29, 0.717) is 5.56 Å². The molecule has 4 rings (SSSR count). The third-order valence-corrected chi connectivity index (χ3v) is 5.75. The van der Waals surface area contributed by atoms with Crippen LogP contribution in [-0.2, 0) is 20.8 Å². The monoisotopic (exact) mass is 478 g/mol. The zero-order valence-corrected chi connectivity index (χ0v) is 19.8. The van der Waals surface area contributed by atoms with Crippen LogP contribution in [0.2, 0.25) is 0 Å². The van der Waals surface area contributed by atoms with E-state index in [0.717, 1.165) is 16.7 Å². The van der Waals surface area contributed by atoms with Crippen molar-refractivity contribution in [2.45, 2.75) is 25.4 Å². The first kappa shape index (κ1) is 24.5. The zero-order valence-electron chi connectivity index (χ0n) is 19.8. The fourth-order valence-electron chi connectivity index (χ4n) is 3.78. The fourth-order valence-corrected chi connectivity index (χ4v) is 3.78. The van der Waals surface area contributed by atoms with Gasteiger partial charge < -0.3 is 10.6 Å². The molecule has 2 N–H and O–H groups in total. The third-order valence-electron chi connectivity index (χ3n) is 5.75. The second-order valence-electron chi connectivity index (χ2n) is 8.34. The van der Waals surface area contributed by atoms with Crippen molar-refractivity contribution in [3.05, 3.63) is 120 Å². The summed E-state index contributed by atoms with van der Waals surface area (Å²) in [7, 11) is 0. The van der Waals surface area contributed by atoms with Gasteiger partial charge in [0.1, 0.15) is 0 Å². The number of Topliss-reactive ketones (excluding diaryl/α,β-unsaturated/α-hetero) is 1. The molecule has 0 radical (unpaired) electrons. The predicted octanol–water partition coefficient (Wildman–Crippen LogP) is 3.99. The van der Waals surface area contributed by atoms with Crippen molar-refractivity contribution < 1.29 is 14.4 Å². The fraction of sp³-hybridized carbons (Fsp3) is 0.138. The van der Waals surface area contributed by atoms with Gasteiger partial charge in [0.15, 0.2) is 6.04 Å². The largest absolute Gasteiger partial charge is 0.347 e. The standard InChI is InChI=1S/C29H26N4O3/c1-20(22-8-4-2-5-9-22)32-29(36)27(25-19-30-16-17-31-25)33-28(35)26(34)18-21-12-14-24(15-13-21)23-10-6-3-7-11-23/h2-17,19-20,27H,18H2,1H3,(H,32,36)(H,33,35)/t20-,27?/m0/s1. The number of nitrogens with one attached hydrogen (secondary N) is 2. The minimum absolute atomic E-state index is 0.0872. The highest BCUT2D eigenvalue weighted by Crippen LogP contribution is 2.20. The first-order valence-corrected chi connectivity index (χ1v) is 11.6. The summed E-state index contributed by atoms with van der Waals surface area (Å²) in [4.78, 5) is 46.8. The Morgan fingerprint density at radius 3 is 2.06 bits per heavy atom. The van der Waals surface area contributed by atoms with Crippen molar-refractivity contribution in [1.82, 2.24) is 20.6 Å². The summed E-state index contributed by atoms with van der Waals surface area (Å²) in [6, 6.07) is 25.3. The van der Waals surface area contributed by atoms with Crippen LogP contribution in [0.5, 0.6) is 0 Å². The first-order chi connectivity index (χ1) is 17.5. The number of aromatic nitrogens is 2. The van der Waals surface area contributed by atoms with Crippen LogP contribution >= 0.6 is 0 Å². The smallest absolute Gasteiger partial charge is 0.288 e. The van der Waals surface area contributed by atoms with Crippen molar-refractivity contribution in [2.24, 2.45) is 0 Å². The first-order valence-electron chi connectivity index (χ1n) is 11.6. The number of amides is 2. The zero-order chi connectivity index (χ0) is 25.3. The maximum absolute atomic E-state index is 13.1. The highest BCUT2D eigenvalue weighted by Gasteiger charge is 2.28. The maximum atomic E-state index is 13.1. The van der Waals surface area contributed by atoms with E-state index in [1.807, 2.05) is 91.9 Å². The number of benzene rings is 3. The molecule has 1 aromatic heterocycles. The predicted molar refractivity (Wildman–Crippen MR) is 137 cm³/mol. The molecule has 0 saturated heterocycles. The minimum Gasteiger partial charge on any atom is -0.347 e. The Hall–Kier alpha value is -4.65. The Morgan fingerprint density at radius 2 is 1.42 bits per heavy atom. The average Bonchev–Trinajstić information content (AvgIpc) is 2.93. The molecule has 1 unspecified atom stereocenters. The molecule has 2 atom stereocenters. The van der Waals surface area contributed by atoms with Gasteiger partial charge in [0.25, 0.3) is 5.91 Å². The van der Waals surface area contributed by atoms with E-state index in [4.69, 9.17) is 0 Å². The van der Waals surface area contributed by atoms with Gasteiger partial charge in [-0.05, 0) is 29.2 Å². The lowest BCUT2D eigenvalue weighted by molar-refractivity contribution is -0.139. The summed E-state index contributed by atoms with van der Waals surface area (Å²) >= 11 is 0. The van der Waals surface area contributed by atoms with E-state index >= 15 is 0 Å². The van der Waals surface area contributed by atoms with Crippen LogP contribution in [-0.4, -0.2) is 27.6 Å². The molecule has 0 bridgehead atoms. The number of hydrogen-bond acceptors (Lipinski definition) is 5. The molecule has 0 aliphatic heterocycles. The Morgan fingerprint density at radius 1 is 0.778 bits per heavy atom. The number of nitrogens with zero attached hydrogens (tertiary/aromatic N) is 2. The summed E-state index contributed by atoms with van der Waals surface area (Å²) in [5, 5.41) is 5.42. The van der Waals surface area contributed by atoms with Crippen LogP contribution in [0.4, 0.5) is 0 Å². The SMILES string of the molecule is C[C@H](NC(=O)C(NC(=O)C(=O)Cc1ccc(-c2ccccc2)cc1)c1cnccn1)c1ccccc1. The van der Waals surface area contributed by atoms with Gasteiger partial charge in [-0.2, -0.15) is 0 Å². The summed E-state index contributed by atoms with van der Waals surface area (Å²) in [5.74, 6) is -2.00. The number of hydrogen-bond donors (Lipinski definition) is 2. The second kappa shape index (κ2) is 11.7. The van der Waals surface area contributed by atoms with E-state index in [2.05, 4.69) is 20.6 Å². The highest BCUT2D eigenvalue weighted by molar-refractivity contribution is 6.37. The summed E-state index contributed by atoms with van der Waals surface area (Å²) in [6.07, 6.45) is 4.20. The lowest BCUT2D eigenvalue weighted by Crippen LogP contribution is -2.44. The van der Waals surface area contributed by atoms with Crippen molar-refractivity contribution in [2.75, 3.05) is 0 Å². The van der Waals surface area contributed by atoms with E-state index in [-0.39, 0.29) is 18.2 Å². The summed E-state index contributed by atoms with van der Waals surface area (Å²) < 4.78 is 0. The van der Waals surface area contributed by atoms with E-state index in [9.17, 15) is 14.4 Å². The van der Waals surface area contributed by atoms with Crippen molar-refractivity contribution >= 4 is 17.6 Å². The van der Waals surface area contributed by atoms with Crippen molar-refractivity contribution in [3.8, 4) is 11.1 Å². The van der Waals surface area contributed by atoms with Crippen molar-refractivity contribution in [1.29, 1.82) is 0 Å². The van der Waals surface area contributed by atoms with Crippen LogP contribution in [0.3, 0.4) is 0 Å². The lowest BCUT2D eigenvalue weighted by Gasteiger charge is -2.21. The maximum Gasteiger partial charge on any atom is 0.288 e. The van der Waals surface area contributed by atoms with Gasteiger partial charge >= 0.3 is 0 Å². The van der Waals surface area contributed by atoms with Crippen molar-refractivity contribution in [3.63, 3.8) is 0 Å². The van der Waals surface area contributed by atoms with Crippen LogP contribution in [0, 0.1) is 0 Å². The molecule has 36 heavy (non-hydrogen) atoms. The molecule has 0 aliphatic carbocycles. The van der Waals surface area contributed by atoms with Gasteiger partial charge in [0, 0.05) is 18.8 Å². The summed E-state index contributed by atoms with van der Waals surface area (Å²) in [5.41, 5.74) is 3.93. The van der Waals surface area contributed by atoms with E-state index in [1.54, 1.807) is 0 Å². The molecule has 0 aliphatic rings. The van der Waals surface area contributed by atoms with Crippen LogP contribution in [0.25, 0.3) is 11.1 Å². The number of ketones is 1. The molecular formula is C29H26N4O3. The number of carbonyl (C=O) groups excluding carboxylic acids is 3. The average molecular weight is 479 g/mol. The van der Waals surface area contributed by atoms with Gasteiger partial charge in [0.05, 0.1) is 17.9 Å². The Bertz CT molecular complexity index is 1310. The molecule has 4 aromatic rings. The van der Waals surface area contributed by atoms with Gasteiger partial charge in [-0.15, -0.1) is 0 Å². The second-order valence-corrected chi connectivity index (χ2v) is 8.34. The summed E-state index contributed by atoms with van der Waals surface area (Å²) in [6.45, 7) is 1.84. The molecule has 0 spiro atoms. The van der Waals surface area contributed by atoms with Gasteiger partial charge in [-0.3, -0.25) is 24.4 Å². The van der Waals surface area contributed by atoms with E-state index < -0.39 is 23.6 Å². The molecule has 7 heteroatoms. The molecule has 180 valence electrons. The Labute approximate surface area is 209 Å². The molecule has 1 heterocycles. The number of rotatable bonds is 9. The van der Waals surface area contributed by atoms with Gasteiger partial charge in [-0.1, -0.05) is 84.9 Å². The van der Waals surface area contributed by atoms with E-state index in [1.165, 1.54) is 18.6 Å². The van der Waals surface area contributed by atoms with Crippen LogP contribution < -0.4 is 10.6 Å². The molecule has 2 amide bonds. The van der Waals surface area contributed by atoms with Crippen LogP contribution in [0.15, 0.2) is 104 Å². The van der Waals surface area contributed by atoms with Gasteiger partial charge in [0.2, 0.25) is 11.7 Å². The molecular weight excluding hydrogens is 452 g/mol.